The zero-order chi connectivity index (χ0) is 23.7. The first kappa shape index (κ1) is 22.8. The van der Waals surface area contributed by atoms with Crippen LogP contribution in [0.25, 0.3) is 0 Å². The Bertz CT molecular complexity index is 1180. The number of aryl methyl sites for hydroxylation is 1. The van der Waals surface area contributed by atoms with Gasteiger partial charge in [-0.05, 0) is 54.5 Å². The van der Waals surface area contributed by atoms with E-state index < -0.39 is 0 Å². The maximum atomic E-state index is 13.4. The quantitative estimate of drug-likeness (QED) is 0.565. The van der Waals surface area contributed by atoms with Crippen molar-refractivity contribution in [3.8, 4) is 0 Å². The molecule has 34 heavy (non-hydrogen) atoms. The van der Waals surface area contributed by atoms with Gasteiger partial charge in [-0.1, -0.05) is 48.5 Å². The van der Waals surface area contributed by atoms with Crippen molar-refractivity contribution in [1.82, 2.24) is 14.7 Å². The van der Waals surface area contributed by atoms with Crippen LogP contribution in [0.15, 0.2) is 66.0 Å². The minimum absolute atomic E-state index is 0.0143. The number of rotatable bonds is 4. The molecule has 0 unspecified atom stereocenters. The molecular formula is C28H31N3O2S. The summed E-state index contributed by atoms with van der Waals surface area (Å²) >= 11 is 1.82. The second-order valence-corrected chi connectivity index (χ2v) is 10.3. The van der Waals surface area contributed by atoms with Gasteiger partial charge in [0.1, 0.15) is 0 Å². The maximum absolute atomic E-state index is 13.4. The van der Waals surface area contributed by atoms with Gasteiger partial charge in [0.05, 0.1) is 12.6 Å². The van der Waals surface area contributed by atoms with Crippen molar-refractivity contribution in [2.75, 3.05) is 32.7 Å². The molecule has 0 spiro atoms. The Morgan fingerprint density at radius 3 is 2.50 bits per heavy atom. The smallest absolute Gasteiger partial charge is 0.254 e. The van der Waals surface area contributed by atoms with Gasteiger partial charge in [-0.2, -0.15) is 0 Å². The molecule has 2 aromatic carbocycles. The van der Waals surface area contributed by atoms with Gasteiger partial charge in [-0.3, -0.25) is 14.5 Å². The summed E-state index contributed by atoms with van der Waals surface area (Å²) < 4.78 is 0. The van der Waals surface area contributed by atoms with Gasteiger partial charge in [0, 0.05) is 42.7 Å². The Morgan fingerprint density at radius 2 is 1.74 bits per heavy atom. The molecule has 6 heteroatoms. The Balaban J connectivity index is 1.28. The van der Waals surface area contributed by atoms with Crippen LogP contribution in [0.5, 0.6) is 0 Å². The number of nitrogens with zero attached hydrogens (tertiary/aromatic N) is 3. The lowest BCUT2D eigenvalue weighted by Gasteiger charge is -2.42. The molecule has 1 aromatic heterocycles. The van der Waals surface area contributed by atoms with Crippen LogP contribution >= 0.6 is 11.3 Å². The molecule has 5 nitrogen and oxygen atoms in total. The number of fused-ring (bicyclic) bond motifs is 1. The van der Waals surface area contributed by atoms with E-state index in [1.54, 1.807) is 0 Å². The SMILES string of the molecule is Cc1ccccc1C(=O)N1CCN(C(=O)CN2CCc3sccc3[C@@H]2c2ccccc2)C[C@H]1C. The molecule has 1 fully saturated rings. The lowest BCUT2D eigenvalue weighted by atomic mass is 9.93. The van der Waals surface area contributed by atoms with Crippen LogP contribution in [0.4, 0.5) is 0 Å². The van der Waals surface area contributed by atoms with Gasteiger partial charge in [0.15, 0.2) is 0 Å². The molecule has 0 N–H and O–H groups in total. The summed E-state index contributed by atoms with van der Waals surface area (Å²) in [6.07, 6.45) is 0.985. The fourth-order valence-electron chi connectivity index (χ4n) is 5.29. The van der Waals surface area contributed by atoms with Crippen LogP contribution in [-0.2, 0) is 11.2 Å². The Labute approximate surface area is 205 Å². The number of amides is 2. The molecule has 1 saturated heterocycles. The largest absolute Gasteiger partial charge is 0.338 e. The highest BCUT2D eigenvalue weighted by Crippen LogP contribution is 2.37. The Kier molecular flexibility index (Phi) is 6.53. The first-order valence-electron chi connectivity index (χ1n) is 12.0. The average Bonchev–Trinajstić information content (AvgIpc) is 3.33. The van der Waals surface area contributed by atoms with Gasteiger partial charge in [-0.25, -0.2) is 0 Å². The molecule has 2 atom stereocenters. The van der Waals surface area contributed by atoms with E-state index in [0.29, 0.717) is 26.2 Å². The number of carbonyl (C=O) groups is 2. The van der Waals surface area contributed by atoms with Crippen molar-refractivity contribution in [1.29, 1.82) is 0 Å². The number of hydrogen-bond donors (Lipinski definition) is 0. The molecule has 2 amide bonds. The van der Waals surface area contributed by atoms with Crippen molar-refractivity contribution < 1.29 is 9.59 Å². The second kappa shape index (κ2) is 9.72. The van der Waals surface area contributed by atoms with Gasteiger partial charge >= 0.3 is 0 Å². The molecule has 0 saturated carbocycles. The van der Waals surface area contributed by atoms with Crippen molar-refractivity contribution >= 4 is 23.2 Å². The van der Waals surface area contributed by atoms with E-state index in [-0.39, 0.29) is 23.9 Å². The fraction of sp³-hybridized carbons (Fsp3) is 0.357. The van der Waals surface area contributed by atoms with Crippen LogP contribution in [0, 0.1) is 6.92 Å². The molecule has 2 aliphatic rings. The summed E-state index contributed by atoms with van der Waals surface area (Å²) in [5.41, 5.74) is 4.30. The number of piperazine rings is 1. The lowest BCUT2D eigenvalue weighted by Crippen LogP contribution is -2.57. The van der Waals surface area contributed by atoms with Crippen LogP contribution in [0.2, 0.25) is 0 Å². The Morgan fingerprint density at radius 1 is 0.971 bits per heavy atom. The monoisotopic (exact) mass is 473 g/mol. The number of thiophene rings is 1. The summed E-state index contributed by atoms with van der Waals surface area (Å²) in [6, 6.07) is 20.5. The van der Waals surface area contributed by atoms with Crippen LogP contribution < -0.4 is 0 Å². The van der Waals surface area contributed by atoms with E-state index in [0.717, 1.165) is 24.1 Å². The van der Waals surface area contributed by atoms with Gasteiger partial charge in [0.2, 0.25) is 5.91 Å². The lowest BCUT2D eigenvalue weighted by molar-refractivity contribution is -0.135. The summed E-state index contributed by atoms with van der Waals surface area (Å²) in [4.78, 5) is 34.2. The zero-order valence-corrected chi connectivity index (χ0v) is 20.6. The average molecular weight is 474 g/mol. The number of carbonyl (C=O) groups excluding carboxylic acids is 2. The highest BCUT2D eigenvalue weighted by atomic mass is 32.1. The Hall–Kier alpha value is -2.96. The van der Waals surface area contributed by atoms with Gasteiger partial charge in [-0.15, -0.1) is 11.3 Å². The van der Waals surface area contributed by atoms with Crippen LogP contribution in [0.3, 0.4) is 0 Å². The van der Waals surface area contributed by atoms with Crippen molar-refractivity contribution in [3.05, 3.63) is 93.2 Å². The molecular weight excluding hydrogens is 442 g/mol. The summed E-state index contributed by atoms with van der Waals surface area (Å²) in [5, 5.41) is 2.16. The van der Waals surface area contributed by atoms with Gasteiger partial charge < -0.3 is 9.80 Å². The minimum Gasteiger partial charge on any atom is -0.338 e. The van der Waals surface area contributed by atoms with Crippen LogP contribution in [-0.4, -0.2) is 65.3 Å². The normalized spacial score (nSPS) is 20.8. The molecule has 3 heterocycles. The summed E-state index contributed by atoms with van der Waals surface area (Å²) in [5.74, 6) is 0.206. The van der Waals surface area contributed by atoms with Crippen molar-refractivity contribution in [3.63, 3.8) is 0 Å². The molecule has 176 valence electrons. The highest BCUT2D eigenvalue weighted by Gasteiger charge is 2.34. The highest BCUT2D eigenvalue weighted by molar-refractivity contribution is 7.10. The predicted octanol–water partition coefficient (Wildman–Crippen LogP) is 4.38. The molecule has 5 rings (SSSR count). The molecule has 0 aliphatic carbocycles. The van der Waals surface area contributed by atoms with E-state index in [9.17, 15) is 9.59 Å². The maximum Gasteiger partial charge on any atom is 0.254 e. The van der Waals surface area contributed by atoms with Crippen molar-refractivity contribution in [2.45, 2.75) is 32.4 Å². The molecule has 0 bridgehead atoms. The molecule has 2 aliphatic heterocycles. The first-order chi connectivity index (χ1) is 16.5. The fourth-order valence-corrected chi connectivity index (χ4v) is 6.20. The summed E-state index contributed by atoms with van der Waals surface area (Å²) in [6.45, 7) is 7.00. The van der Waals surface area contributed by atoms with Crippen LogP contribution in [0.1, 0.15) is 44.9 Å². The minimum atomic E-state index is -0.0143. The van der Waals surface area contributed by atoms with E-state index >= 15 is 0 Å². The van der Waals surface area contributed by atoms with Crippen molar-refractivity contribution in [2.24, 2.45) is 0 Å². The summed E-state index contributed by atoms with van der Waals surface area (Å²) in [7, 11) is 0. The van der Waals surface area contributed by atoms with E-state index in [1.807, 2.05) is 65.3 Å². The topological polar surface area (TPSA) is 43.9 Å². The third-order valence-electron chi connectivity index (χ3n) is 7.14. The standard InChI is InChI=1S/C28H31N3O2S/c1-20-8-6-7-11-23(20)28(33)31-16-15-29(18-21(31)2)26(32)19-30-14-12-25-24(13-17-34-25)27(30)22-9-4-3-5-10-22/h3-11,13,17,21,27H,12,14-16,18-19H2,1-2H3/t21-,27+/m1/s1. The first-order valence-corrected chi connectivity index (χ1v) is 12.9. The zero-order valence-electron chi connectivity index (χ0n) is 19.8. The molecule has 3 aromatic rings. The number of hydrogen-bond acceptors (Lipinski definition) is 4. The third-order valence-corrected chi connectivity index (χ3v) is 8.13. The predicted molar refractivity (Wildman–Crippen MR) is 136 cm³/mol. The van der Waals surface area contributed by atoms with E-state index in [4.69, 9.17) is 0 Å². The van der Waals surface area contributed by atoms with E-state index in [1.165, 1.54) is 16.0 Å². The molecule has 0 radical (unpaired) electrons. The van der Waals surface area contributed by atoms with Gasteiger partial charge in [0.25, 0.3) is 5.91 Å². The second-order valence-electron chi connectivity index (χ2n) is 9.34. The third kappa shape index (κ3) is 4.40. The van der Waals surface area contributed by atoms with E-state index in [2.05, 4.69) is 40.6 Å². The number of benzene rings is 2.